The zero-order chi connectivity index (χ0) is 24.5. The van der Waals surface area contributed by atoms with Crippen molar-refractivity contribution < 1.29 is 9.90 Å². The number of benzene rings is 2. The molecule has 5 aromatic rings. The van der Waals surface area contributed by atoms with Crippen LogP contribution in [0.25, 0.3) is 22.6 Å². The van der Waals surface area contributed by atoms with E-state index in [4.69, 9.17) is 28.0 Å². The molecule has 2 aromatic carbocycles. The van der Waals surface area contributed by atoms with Crippen molar-refractivity contribution in [3.63, 3.8) is 0 Å². The van der Waals surface area contributed by atoms with Crippen LogP contribution in [0.5, 0.6) is 0 Å². The van der Waals surface area contributed by atoms with Crippen LogP contribution in [0, 0.1) is 0 Å². The second kappa shape index (κ2) is 11.0. The summed E-state index contributed by atoms with van der Waals surface area (Å²) in [4.78, 5) is 25.7. The molecule has 10 N–H and O–H groups in total. The Morgan fingerprint density at radius 2 is 1.26 bits per heavy atom. The predicted octanol–water partition coefficient (Wildman–Crippen LogP) is 3.42. The Morgan fingerprint density at radius 3 is 1.79 bits per heavy atom. The number of aromatic carboxylic acids is 1. The molecule has 0 aliphatic heterocycles. The van der Waals surface area contributed by atoms with Gasteiger partial charge in [-0.25, -0.2) is 19.7 Å². The molecule has 3 aromatic heterocycles. The van der Waals surface area contributed by atoms with E-state index < -0.39 is 5.97 Å². The molecule has 0 aliphatic carbocycles. The number of hydrogen-bond donors (Lipinski definition) is 6. The minimum Gasteiger partial charge on any atom is -0.477 e. The molecule has 0 saturated heterocycles. The van der Waals surface area contributed by atoms with E-state index in [0.717, 1.165) is 22.6 Å². The van der Waals surface area contributed by atoms with Crippen LogP contribution in [0.4, 0.5) is 23.0 Å². The van der Waals surface area contributed by atoms with Crippen LogP contribution in [0.2, 0.25) is 0 Å². The van der Waals surface area contributed by atoms with Crippen LogP contribution < -0.4 is 22.9 Å². The van der Waals surface area contributed by atoms with E-state index in [1.165, 1.54) is 12.1 Å². The van der Waals surface area contributed by atoms with Crippen LogP contribution in [0.1, 0.15) is 10.5 Å². The first-order chi connectivity index (χ1) is 16.3. The first-order valence-corrected chi connectivity index (χ1v) is 10.1. The number of rotatable bonds is 2. The van der Waals surface area contributed by atoms with Gasteiger partial charge in [-0.05, 0) is 48.5 Å². The van der Waals surface area contributed by atoms with Crippen molar-refractivity contribution in [1.29, 1.82) is 0 Å². The zero-order valence-corrected chi connectivity index (χ0v) is 18.1. The van der Waals surface area contributed by atoms with Gasteiger partial charge in [0.15, 0.2) is 11.5 Å². The number of pyridine rings is 2. The van der Waals surface area contributed by atoms with E-state index in [1.807, 2.05) is 48.5 Å². The molecule has 172 valence electrons. The number of carboxylic acids is 1. The molecule has 0 saturated carbocycles. The Hall–Kier alpha value is -5.12. The van der Waals surface area contributed by atoms with Gasteiger partial charge in [-0.2, -0.15) is 0 Å². The minimum absolute atomic E-state index is 0.0278. The van der Waals surface area contributed by atoms with Crippen LogP contribution in [-0.4, -0.2) is 31.0 Å². The number of fused-ring (bicyclic) bond motifs is 1. The number of H-pyrrole nitrogens is 1. The quantitative estimate of drug-likeness (QED) is 0.216. The summed E-state index contributed by atoms with van der Waals surface area (Å²) in [5.74, 6) is 0.402. The average Bonchev–Trinajstić information content (AvgIpc) is 3.26. The van der Waals surface area contributed by atoms with E-state index in [2.05, 4.69) is 19.9 Å². The molecule has 0 aliphatic rings. The summed E-state index contributed by atoms with van der Waals surface area (Å²) in [6, 6.07) is 25.1. The van der Waals surface area contributed by atoms with Crippen molar-refractivity contribution in [2.24, 2.45) is 0 Å². The normalized spacial score (nSPS) is 9.88. The van der Waals surface area contributed by atoms with Crippen molar-refractivity contribution >= 4 is 40.0 Å². The fourth-order valence-electron chi connectivity index (χ4n) is 2.74. The molecule has 10 heteroatoms. The summed E-state index contributed by atoms with van der Waals surface area (Å²) < 4.78 is 0. The molecule has 3 heterocycles. The third-order valence-corrected chi connectivity index (χ3v) is 4.39. The highest BCUT2D eigenvalue weighted by molar-refractivity contribution is 5.85. The van der Waals surface area contributed by atoms with E-state index >= 15 is 0 Å². The number of carboxylic acid groups (broad SMARTS) is 1. The number of nitrogens with one attached hydrogen (secondary N) is 1. The number of nitrogens with two attached hydrogens (primary N) is 4. The van der Waals surface area contributed by atoms with Gasteiger partial charge in [0, 0.05) is 0 Å². The molecule has 0 unspecified atom stereocenters. The highest BCUT2D eigenvalue weighted by atomic mass is 16.4. The van der Waals surface area contributed by atoms with E-state index in [9.17, 15) is 4.79 Å². The van der Waals surface area contributed by atoms with Gasteiger partial charge >= 0.3 is 5.97 Å². The number of nitrogen functional groups attached to an aromatic ring is 4. The standard InChI is InChI=1S/C12H10N4.C6H6N2O2.C6H8N2/c13-11-7-3-6-10(14-11)12-15-8-4-1-2-5-9(8)16-12;7-5-3-1-2-4(8-5)6(9)10;7-5-3-1-2-4-6(5)8/h1-7H,(H2,13,14)(H,15,16);1-3H,(H2,7,8)(H,9,10);1-4H,7-8H2. The average molecular weight is 457 g/mol. The summed E-state index contributed by atoms with van der Waals surface area (Å²) in [5, 5.41) is 8.39. The maximum Gasteiger partial charge on any atom is 0.354 e. The number of anilines is 4. The second-order valence-electron chi connectivity index (χ2n) is 6.93. The first-order valence-electron chi connectivity index (χ1n) is 10.1. The number of para-hydroxylation sites is 4. The molecule has 0 radical (unpaired) electrons. The lowest BCUT2D eigenvalue weighted by atomic mass is 10.3. The Bertz CT molecular complexity index is 1350. The Labute approximate surface area is 195 Å². The lowest BCUT2D eigenvalue weighted by Crippen LogP contribution is -2.01. The fourth-order valence-corrected chi connectivity index (χ4v) is 2.74. The van der Waals surface area contributed by atoms with Gasteiger partial charge in [0.2, 0.25) is 0 Å². The summed E-state index contributed by atoms with van der Waals surface area (Å²) in [6.45, 7) is 0. The maximum atomic E-state index is 10.2. The zero-order valence-electron chi connectivity index (χ0n) is 18.1. The Kier molecular flexibility index (Phi) is 7.59. The van der Waals surface area contributed by atoms with E-state index in [1.54, 1.807) is 24.3 Å². The summed E-state index contributed by atoms with van der Waals surface area (Å²) >= 11 is 0. The van der Waals surface area contributed by atoms with Gasteiger partial charge in [0.25, 0.3) is 0 Å². The second-order valence-corrected chi connectivity index (χ2v) is 6.93. The molecule has 0 amide bonds. The van der Waals surface area contributed by atoms with Gasteiger partial charge < -0.3 is 33.0 Å². The van der Waals surface area contributed by atoms with Gasteiger partial charge in [0.1, 0.15) is 17.3 Å². The summed E-state index contributed by atoms with van der Waals surface area (Å²) in [5.41, 5.74) is 25.6. The van der Waals surface area contributed by atoms with Crippen molar-refractivity contribution in [1.82, 2.24) is 19.9 Å². The van der Waals surface area contributed by atoms with Crippen molar-refractivity contribution in [3.05, 3.63) is 90.6 Å². The third kappa shape index (κ3) is 6.44. The molecule has 0 spiro atoms. The molecule has 5 rings (SSSR count). The minimum atomic E-state index is -1.06. The first kappa shape index (κ1) is 23.5. The molecule has 0 bridgehead atoms. The smallest absolute Gasteiger partial charge is 0.354 e. The molecular formula is C24H24N8O2. The Balaban J connectivity index is 0.000000155. The van der Waals surface area contributed by atoms with Gasteiger partial charge in [-0.1, -0.05) is 36.4 Å². The largest absolute Gasteiger partial charge is 0.477 e. The fraction of sp³-hybridized carbons (Fsp3) is 0. The van der Waals surface area contributed by atoms with Crippen LogP contribution in [0.15, 0.2) is 84.9 Å². The van der Waals surface area contributed by atoms with Gasteiger partial charge in [-0.15, -0.1) is 0 Å². The topological polar surface area (TPSA) is 196 Å². The maximum absolute atomic E-state index is 10.2. The summed E-state index contributed by atoms with van der Waals surface area (Å²) in [7, 11) is 0. The number of aromatic amines is 1. The van der Waals surface area contributed by atoms with Gasteiger partial charge in [-0.3, -0.25) is 0 Å². The van der Waals surface area contributed by atoms with E-state index in [0.29, 0.717) is 17.2 Å². The van der Waals surface area contributed by atoms with Gasteiger partial charge in [0.05, 0.1) is 22.4 Å². The molecule has 10 nitrogen and oxygen atoms in total. The SMILES string of the molecule is Nc1cccc(-c2nc3ccccc3[nH]2)n1.Nc1cccc(C(=O)O)n1.Nc1ccccc1N. The monoisotopic (exact) mass is 456 g/mol. The molecule has 34 heavy (non-hydrogen) atoms. The van der Waals surface area contributed by atoms with Crippen molar-refractivity contribution in [2.75, 3.05) is 22.9 Å². The molecule has 0 fully saturated rings. The van der Waals surface area contributed by atoms with Crippen LogP contribution in [-0.2, 0) is 0 Å². The number of aromatic nitrogens is 4. The predicted molar refractivity (Wildman–Crippen MR) is 135 cm³/mol. The number of nitrogens with zero attached hydrogens (tertiary/aromatic N) is 3. The number of hydrogen-bond acceptors (Lipinski definition) is 8. The highest BCUT2D eigenvalue weighted by Crippen LogP contribution is 2.19. The molecular weight excluding hydrogens is 432 g/mol. The van der Waals surface area contributed by atoms with Crippen molar-refractivity contribution in [2.45, 2.75) is 0 Å². The van der Waals surface area contributed by atoms with Crippen molar-refractivity contribution in [3.8, 4) is 11.5 Å². The highest BCUT2D eigenvalue weighted by Gasteiger charge is 2.05. The van der Waals surface area contributed by atoms with E-state index in [-0.39, 0.29) is 11.5 Å². The summed E-state index contributed by atoms with van der Waals surface area (Å²) in [6.07, 6.45) is 0. The Morgan fingerprint density at radius 1 is 0.676 bits per heavy atom. The molecule has 0 atom stereocenters. The lowest BCUT2D eigenvalue weighted by Gasteiger charge is -1.96. The lowest BCUT2D eigenvalue weighted by molar-refractivity contribution is 0.0690. The third-order valence-electron chi connectivity index (χ3n) is 4.39. The number of carbonyl (C=O) groups is 1. The van der Waals surface area contributed by atoms with Crippen LogP contribution in [0.3, 0.4) is 0 Å². The van der Waals surface area contributed by atoms with Crippen LogP contribution >= 0.6 is 0 Å². The number of imidazole rings is 1.